The highest BCUT2D eigenvalue weighted by atomic mass is 19.4. The van der Waals surface area contributed by atoms with Crippen LogP contribution in [0.4, 0.5) is 30.6 Å². The molecule has 4 rings (SSSR count). The number of hydrogen-bond acceptors (Lipinski definition) is 6. The number of hydrogen-bond donors (Lipinski definition) is 2. The van der Waals surface area contributed by atoms with E-state index in [2.05, 4.69) is 25.7 Å². The maximum atomic E-state index is 12.7. The summed E-state index contributed by atoms with van der Waals surface area (Å²) in [6, 6.07) is 0.613. The second-order valence-electron chi connectivity index (χ2n) is 8.27. The van der Waals surface area contributed by atoms with E-state index in [1.807, 2.05) is 32.7 Å². The van der Waals surface area contributed by atoms with E-state index in [-0.39, 0.29) is 30.0 Å². The van der Waals surface area contributed by atoms with Crippen molar-refractivity contribution in [2.75, 3.05) is 22.6 Å². The standard InChI is InChI=1S/C19H24F3N7O/c1-9(2)15-17(30)25-14-10(3)23-18(26-16(14)28(15)4)24-11-7-12(8-11)29-6-5-13(27-29)19(20,21)22/h5-6,9,11-12,15H,7-8H2,1-4H3,(H,25,30)(H,23,24,26). The Morgan fingerprint density at radius 2 is 1.97 bits per heavy atom. The molecule has 2 aromatic rings. The fourth-order valence-electron chi connectivity index (χ4n) is 4.08. The summed E-state index contributed by atoms with van der Waals surface area (Å²) in [5.41, 5.74) is 0.382. The molecule has 1 amide bonds. The first-order valence-corrected chi connectivity index (χ1v) is 9.85. The van der Waals surface area contributed by atoms with Gasteiger partial charge in [0.15, 0.2) is 11.5 Å². The van der Waals surface area contributed by atoms with Crippen LogP contribution in [0.15, 0.2) is 12.3 Å². The van der Waals surface area contributed by atoms with Crippen molar-refractivity contribution in [2.24, 2.45) is 5.92 Å². The van der Waals surface area contributed by atoms with Crippen molar-refractivity contribution in [1.29, 1.82) is 0 Å². The number of aromatic nitrogens is 4. The van der Waals surface area contributed by atoms with Crippen LogP contribution in [0.2, 0.25) is 0 Å². The van der Waals surface area contributed by atoms with E-state index in [0.717, 1.165) is 6.07 Å². The average Bonchev–Trinajstić information content (AvgIpc) is 3.08. The number of anilines is 3. The molecule has 3 heterocycles. The molecule has 11 heteroatoms. The van der Waals surface area contributed by atoms with Gasteiger partial charge in [0.1, 0.15) is 11.7 Å². The van der Waals surface area contributed by atoms with Gasteiger partial charge < -0.3 is 15.5 Å². The summed E-state index contributed by atoms with van der Waals surface area (Å²) in [5, 5.41) is 9.81. The highest BCUT2D eigenvalue weighted by molar-refractivity contribution is 6.03. The molecule has 2 aliphatic rings. The highest BCUT2D eigenvalue weighted by Crippen LogP contribution is 2.37. The second kappa shape index (κ2) is 7.13. The van der Waals surface area contributed by atoms with Gasteiger partial charge in [-0.25, -0.2) is 4.98 Å². The number of likely N-dealkylation sites (N-methyl/N-ethyl adjacent to an activating group) is 1. The summed E-state index contributed by atoms with van der Waals surface area (Å²) >= 11 is 0. The minimum absolute atomic E-state index is 0.0374. The zero-order valence-electron chi connectivity index (χ0n) is 17.2. The minimum atomic E-state index is -4.43. The lowest BCUT2D eigenvalue weighted by atomic mass is 9.87. The Hall–Kier alpha value is -2.85. The Morgan fingerprint density at radius 1 is 1.27 bits per heavy atom. The highest BCUT2D eigenvalue weighted by Gasteiger charge is 2.38. The lowest BCUT2D eigenvalue weighted by Gasteiger charge is -2.38. The second-order valence-corrected chi connectivity index (χ2v) is 8.27. The van der Waals surface area contributed by atoms with Crippen molar-refractivity contribution < 1.29 is 18.0 Å². The number of nitrogens with one attached hydrogen (secondary N) is 2. The summed E-state index contributed by atoms with van der Waals surface area (Å²) in [6.45, 7) is 5.77. The van der Waals surface area contributed by atoms with Gasteiger partial charge >= 0.3 is 6.18 Å². The first-order chi connectivity index (χ1) is 14.0. The maximum Gasteiger partial charge on any atom is 0.435 e. The number of aryl methyl sites for hydroxylation is 1. The summed E-state index contributed by atoms with van der Waals surface area (Å²) < 4.78 is 39.5. The molecule has 0 spiro atoms. The van der Waals surface area contributed by atoms with Gasteiger partial charge in [-0.15, -0.1) is 0 Å². The first-order valence-electron chi connectivity index (χ1n) is 9.85. The number of carbonyl (C=O) groups excluding carboxylic acids is 1. The molecule has 1 saturated carbocycles. The number of rotatable bonds is 4. The fourth-order valence-corrected chi connectivity index (χ4v) is 4.08. The molecule has 30 heavy (non-hydrogen) atoms. The van der Waals surface area contributed by atoms with Crippen LogP contribution < -0.4 is 15.5 Å². The van der Waals surface area contributed by atoms with Crippen LogP contribution in [0.3, 0.4) is 0 Å². The summed E-state index contributed by atoms with van der Waals surface area (Å²) in [7, 11) is 1.84. The zero-order valence-corrected chi connectivity index (χ0v) is 17.2. The predicted molar refractivity (Wildman–Crippen MR) is 105 cm³/mol. The number of nitrogens with zero attached hydrogens (tertiary/aromatic N) is 5. The topological polar surface area (TPSA) is 88.0 Å². The molecule has 1 unspecified atom stereocenters. The predicted octanol–water partition coefficient (Wildman–Crippen LogP) is 3.23. The van der Waals surface area contributed by atoms with E-state index in [0.29, 0.717) is 36.0 Å². The number of amides is 1. The van der Waals surface area contributed by atoms with E-state index in [1.165, 1.54) is 10.9 Å². The molecule has 162 valence electrons. The van der Waals surface area contributed by atoms with Gasteiger partial charge in [0.25, 0.3) is 0 Å². The van der Waals surface area contributed by atoms with Gasteiger partial charge in [-0.05, 0) is 31.7 Å². The third kappa shape index (κ3) is 3.56. The number of carbonyl (C=O) groups is 1. The van der Waals surface area contributed by atoms with Crippen LogP contribution in [0.1, 0.15) is 44.1 Å². The Morgan fingerprint density at radius 3 is 2.57 bits per heavy atom. The SMILES string of the molecule is Cc1nc(NC2CC(n3ccc(C(F)(F)F)n3)C2)nc2c1NC(=O)C(C(C)C)N2C. The molecular formula is C19H24F3N7O. The smallest absolute Gasteiger partial charge is 0.351 e. The van der Waals surface area contributed by atoms with Gasteiger partial charge in [-0.3, -0.25) is 9.48 Å². The van der Waals surface area contributed by atoms with Crippen molar-refractivity contribution in [3.8, 4) is 0 Å². The first kappa shape index (κ1) is 20.4. The van der Waals surface area contributed by atoms with Crippen LogP contribution in [0.25, 0.3) is 0 Å². The maximum absolute atomic E-state index is 12.7. The Bertz CT molecular complexity index is 966. The molecule has 2 aromatic heterocycles. The normalized spacial score (nSPS) is 23.8. The van der Waals surface area contributed by atoms with E-state index in [4.69, 9.17) is 0 Å². The van der Waals surface area contributed by atoms with Crippen LogP contribution in [-0.2, 0) is 11.0 Å². The number of alkyl halides is 3. The number of halogens is 3. The lowest BCUT2D eigenvalue weighted by molar-refractivity contribution is -0.141. The van der Waals surface area contributed by atoms with E-state index < -0.39 is 11.9 Å². The Balaban J connectivity index is 1.45. The van der Waals surface area contributed by atoms with Crippen LogP contribution in [0, 0.1) is 12.8 Å². The molecule has 1 aliphatic heterocycles. The van der Waals surface area contributed by atoms with Gasteiger partial charge in [-0.2, -0.15) is 23.3 Å². The van der Waals surface area contributed by atoms with Crippen molar-refractivity contribution >= 4 is 23.4 Å². The van der Waals surface area contributed by atoms with Gasteiger partial charge in [0.2, 0.25) is 11.9 Å². The van der Waals surface area contributed by atoms with Crippen LogP contribution in [0.5, 0.6) is 0 Å². The summed E-state index contributed by atoms with van der Waals surface area (Å²) in [4.78, 5) is 23.3. The molecule has 1 atom stereocenters. The van der Waals surface area contributed by atoms with Gasteiger partial charge in [-0.1, -0.05) is 13.8 Å². The largest absolute Gasteiger partial charge is 0.435 e. The molecule has 0 radical (unpaired) electrons. The minimum Gasteiger partial charge on any atom is -0.351 e. The molecular weight excluding hydrogens is 399 g/mol. The molecule has 0 bridgehead atoms. The van der Waals surface area contributed by atoms with Crippen molar-refractivity contribution in [1.82, 2.24) is 19.7 Å². The lowest BCUT2D eigenvalue weighted by Crippen LogP contribution is -2.50. The van der Waals surface area contributed by atoms with Gasteiger partial charge in [0, 0.05) is 19.3 Å². The zero-order chi connectivity index (χ0) is 21.8. The van der Waals surface area contributed by atoms with E-state index in [9.17, 15) is 18.0 Å². The third-order valence-electron chi connectivity index (χ3n) is 5.69. The monoisotopic (exact) mass is 423 g/mol. The quantitative estimate of drug-likeness (QED) is 0.785. The molecule has 2 N–H and O–H groups in total. The third-order valence-corrected chi connectivity index (χ3v) is 5.69. The summed E-state index contributed by atoms with van der Waals surface area (Å²) in [5.74, 6) is 1.13. The average molecular weight is 423 g/mol. The molecule has 1 fully saturated rings. The van der Waals surface area contributed by atoms with Crippen molar-refractivity contribution in [3.63, 3.8) is 0 Å². The Labute approximate surface area is 171 Å². The van der Waals surface area contributed by atoms with E-state index in [1.54, 1.807) is 0 Å². The van der Waals surface area contributed by atoms with Gasteiger partial charge in [0.05, 0.1) is 11.7 Å². The number of fused-ring (bicyclic) bond motifs is 1. The van der Waals surface area contributed by atoms with Crippen molar-refractivity contribution in [3.05, 3.63) is 23.7 Å². The molecule has 8 nitrogen and oxygen atoms in total. The Kier molecular flexibility index (Phi) is 4.86. The fraction of sp³-hybridized carbons (Fsp3) is 0.579. The van der Waals surface area contributed by atoms with Crippen LogP contribution in [-0.4, -0.2) is 44.8 Å². The molecule has 0 aromatic carbocycles. The molecule has 1 aliphatic carbocycles. The molecule has 0 saturated heterocycles. The van der Waals surface area contributed by atoms with E-state index >= 15 is 0 Å². The van der Waals surface area contributed by atoms with Crippen LogP contribution >= 0.6 is 0 Å². The summed E-state index contributed by atoms with van der Waals surface area (Å²) in [6.07, 6.45) is -1.82. The van der Waals surface area contributed by atoms with Crippen molar-refractivity contribution in [2.45, 2.75) is 57.9 Å².